The van der Waals surface area contributed by atoms with Gasteiger partial charge < -0.3 is 24.8 Å². The van der Waals surface area contributed by atoms with Gasteiger partial charge in [-0.25, -0.2) is 0 Å². The van der Waals surface area contributed by atoms with Gasteiger partial charge in [0.2, 0.25) is 0 Å². The number of allylic oxidation sites excluding steroid dienone is 4. The normalized spacial score (nSPS) is 14.6. The maximum atomic E-state index is 2.62. The fourth-order valence-electron chi connectivity index (χ4n) is 4.50. The maximum absolute atomic E-state index is 2.62. The van der Waals surface area contributed by atoms with Crippen LogP contribution in [0.15, 0.2) is 69.5 Å². The summed E-state index contributed by atoms with van der Waals surface area (Å²) in [6.45, 7) is 12.2. The third-order valence-electron chi connectivity index (χ3n) is 5.74. The topological polar surface area (TPSA) is 0 Å². The van der Waals surface area contributed by atoms with Gasteiger partial charge in [-0.2, -0.15) is 0 Å². The summed E-state index contributed by atoms with van der Waals surface area (Å²) >= 11 is -1.81. The average Bonchev–Trinajstić information content (AvgIpc) is 3.20. The predicted octanol–water partition coefficient (Wildman–Crippen LogP) is 0.894. The SMILES string of the molecule is C[Si](C)=[Zr+2]([C]1=CC(C(C)(C)C)=CC1)[CH]1c2ccccc2-c2ccccc21.[Cl-].[Cl-]. The van der Waals surface area contributed by atoms with E-state index in [1.165, 1.54) is 17.5 Å². The summed E-state index contributed by atoms with van der Waals surface area (Å²) in [5.41, 5.74) is 7.79. The molecule has 0 saturated heterocycles. The Balaban J connectivity index is 0.00000140. The molecule has 0 atom stereocenters. The zero-order valence-corrected chi connectivity index (χ0v) is 22.3. The Bertz CT molecular complexity index is 931. The molecule has 0 unspecified atom stereocenters. The van der Waals surface area contributed by atoms with Crippen LogP contribution >= 0.6 is 0 Å². The molecular weight excluding hydrogens is 478 g/mol. The van der Waals surface area contributed by atoms with E-state index in [0.717, 1.165) is 0 Å². The number of halogens is 2. The van der Waals surface area contributed by atoms with Crippen molar-refractivity contribution >= 4 is 5.43 Å². The van der Waals surface area contributed by atoms with E-state index in [4.69, 9.17) is 0 Å². The second-order valence-electron chi connectivity index (χ2n) is 8.80. The maximum Gasteiger partial charge on any atom is -1.00 e. The van der Waals surface area contributed by atoms with E-state index in [1.54, 1.807) is 16.7 Å². The zero-order chi connectivity index (χ0) is 18.5. The molecule has 0 radical (unpaired) electrons. The van der Waals surface area contributed by atoms with Crippen LogP contribution in [0.25, 0.3) is 11.1 Å². The summed E-state index contributed by atoms with van der Waals surface area (Å²) in [4.78, 5) is 0. The molecule has 0 spiro atoms. The van der Waals surface area contributed by atoms with Crippen LogP contribution in [0.5, 0.6) is 0 Å². The van der Waals surface area contributed by atoms with Crippen molar-refractivity contribution in [2.24, 2.45) is 5.41 Å². The van der Waals surface area contributed by atoms with Crippen molar-refractivity contribution in [2.45, 2.75) is 43.9 Å². The van der Waals surface area contributed by atoms with Gasteiger partial charge >= 0.3 is 167 Å². The van der Waals surface area contributed by atoms with Gasteiger partial charge in [0.05, 0.1) is 0 Å². The Morgan fingerprint density at radius 3 is 1.79 bits per heavy atom. The van der Waals surface area contributed by atoms with Crippen molar-refractivity contribution in [3.05, 3.63) is 80.7 Å². The molecule has 0 aliphatic heterocycles. The van der Waals surface area contributed by atoms with Crippen LogP contribution in [0.4, 0.5) is 0 Å². The fraction of sp³-hybridized carbons (Fsp3) is 0.333. The van der Waals surface area contributed by atoms with Gasteiger partial charge in [0.15, 0.2) is 0 Å². The summed E-state index contributed by atoms with van der Waals surface area (Å²) in [5.74, 6) is 0. The molecule has 0 saturated carbocycles. The average molecular weight is 507 g/mol. The first-order valence-electron chi connectivity index (χ1n) is 9.65. The molecule has 0 N–H and O–H groups in total. The summed E-state index contributed by atoms with van der Waals surface area (Å²) in [7, 11) is 0. The van der Waals surface area contributed by atoms with Gasteiger partial charge in [0.25, 0.3) is 0 Å². The Hall–Kier alpha value is -0.400. The number of fused-ring (bicyclic) bond motifs is 3. The minimum absolute atomic E-state index is 0. The van der Waals surface area contributed by atoms with Crippen LogP contribution < -0.4 is 24.8 Å². The molecule has 0 heterocycles. The molecule has 28 heavy (non-hydrogen) atoms. The van der Waals surface area contributed by atoms with Crippen LogP contribution in [-0.4, -0.2) is 5.43 Å². The molecule has 2 aromatic carbocycles. The number of hydrogen-bond acceptors (Lipinski definition) is 0. The van der Waals surface area contributed by atoms with Gasteiger partial charge in [0.1, 0.15) is 0 Å². The van der Waals surface area contributed by atoms with E-state index in [2.05, 4.69) is 94.5 Å². The van der Waals surface area contributed by atoms with E-state index >= 15 is 0 Å². The van der Waals surface area contributed by atoms with E-state index in [-0.39, 0.29) is 35.7 Å². The first kappa shape index (κ1) is 23.9. The number of benzene rings is 2. The van der Waals surface area contributed by atoms with Crippen LogP contribution in [0.3, 0.4) is 0 Å². The Morgan fingerprint density at radius 1 is 0.857 bits per heavy atom. The smallest absolute Gasteiger partial charge is 1.00 e. The molecule has 2 aliphatic rings. The minimum atomic E-state index is -1.81. The molecule has 2 aromatic rings. The molecule has 146 valence electrons. The van der Waals surface area contributed by atoms with Gasteiger partial charge in [-0.15, -0.1) is 0 Å². The quantitative estimate of drug-likeness (QED) is 0.531. The van der Waals surface area contributed by atoms with E-state index in [1.807, 2.05) is 3.28 Å². The second kappa shape index (κ2) is 9.17. The van der Waals surface area contributed by atoms with Crippen molar-refractivity contribution in [2.75, 3.05) is 0 Å². The first-order valence-corrected chi connectivity index (χ1v) is 18.5. The van der Waals surface area contributed by atoms with E-state index < -0.39 is 20.4 Å². The van der Waals surface area contributed by atoms with Crippen LogP contribution in [0, 0.1) is 5.41 Å². The van der Waals surface area contributed by atoms with E-state index in [9.17, 15) is 0 Å². The number of rotatable bonds is 2. The Morgan fingerprint density at radius 2 is 1.36 bits per heavy atom. The molecule has 4 rings (SSSR count). The van der Waals surface area contributed by atoms with Crippen molar-refractivity contribution in [1.82, 2.24) is 0 Å². The summed E-state index contributed by atoms with van der Waals surface area (Å²) in [5, 5.41) is 0. The fourth-order valence-corrected chi connectivity index (χ4v) is 22.8. The van der Waals surface area contributed by atoms with Gasteiger partial charge in [-0.05, 0) is 0 Å². The summed E-state index contributed by atoms with van der Waals surface area (Å²) < 4.78 is 2.57. The third-order valence-corrected chi connectivity index (χ3v) is 23.9. The molecule has 4 heteroatoms. The third kappa shape index (κ3) is 4.22. The molecular formula is C24H28Cl2SiZr. The second-order valence-corrected chi connectivity index (χ2v) is 26.4. The van der Waals surface area contributed by atoms with Gasteiger partial charge in [-0.3, -0.25) is 0 Å². The number of hydrogen-bond donors (Lipinski definition) is 0. The largest absolute Gasteiger partial charge is 1.00 e. The van der Waals surface area contributed by atoms with Crippen LogP contribution in [-0.2, 0) is 20.4 Å². The standard InChI is InChI=1S/C13H9.C9H13.C2H6Si.2ClH.Zr/c1-3-7-12-10(5-1)9-11-6-2-4-8-13(11)12;1-9(2,3)8-6-4-5-7-8;1-3-2;;;/h1-9H;6-7H,4H2,1-3H3;1-2H3;2*1H;/q;;;;;+2/p-2. The van der Waals surface area contributed by atoms with Crippen LogP contribution in [0.1, 0.15) is 41.9 Å². The summed E-state index contributed by atoms with van der Waals surface area (Å²) in [6.07, 6.45) is 6.36. The predicted molar refractivity (Wildman–Crippen MR) is 111 cm³/mol. The molecule has 0 aromatic heterocycles. The van der Waals surface area contributed by atoms with Crippen molar-refractivity contribution in [3.8, 4) is 11.1 Å². The van der Waals surface area contributed by atoms with Crippen LogP contribution in [0.2, 0.25) is 13.1 Å². The molecule has 0 fully saturated rings. The monoisotopic (exact) mass is 504 g/mol. The van der Waals surface area contributed by atoms with Gasteiger partial charge in [-0.1, -0.05) is 0 Å². The van der Waals surface area contributed by atoms with E-state index in [0.29, 0.717) is 3.63 Å². The summed E-state index contributed by atoms with van der Waals surface area (Å²) in [6, 6.07) is 18.4. The Labute approximate surface area is 190 Å². The van der Waals surface area contributed by atoms with Crippen molar-refractivity contribution in [3.63, 3.8) is 0 Å². The molecule has 0 nitrogen and oxygen atoms in total. The van der Waals surface area contributed by atoms with Crippen molar-refractivity contribution < 1.29 is 45.2 Å². The van der Waals surface area contributed by atoms with Gasteiger partial charge in [0, 0.05) is 0 Å². The molecule has 0 amide bonds. The molecule has 0 bridgehead atoms. The first-order chi connectivity index (χ1) is 12.4. The Kier molecular flexibility index (Phi) is 7.82. The van der Waals surface area contributed by atoms with Crippen molar-refractivity contribution in [1.29, 1.82) is 0 Å². The molecule has 2 aliphatic carbocycles. The minimum Gasteiger partial charge on any atom is -1.00 e. The zero-order valence-electron chi connectivity index (χ0n) is 17.3.